The molecule has 16 heavy (non-hydrogen) atoms. The lowest BCUT2D eigenvalue weighted by Crippen LogP contribution is -2.23. The molecule has 1 heterocycles. The smallest absolute Gasteiger partial charge is 0.305 e. The zero-order chi connectivity index (χ0) is 11.7. The highest BCUT2D eigenvalue weighted by Gasteiger charge is 2.20. The Morgan fingerprint density at radius 3 is 2.94 bits per heavy atom. The van der Waals surface area contributed by atoms with Crippen LogP contribution >= 0.6 is 0 Å². The van der Waals surface area contributed by atoms with Gasteiger partial charge in [0.2, 0.25) is 0 Å². The fourth-order valence-corrected chi connectivity index (χ4v) is 1.61. The molecule has 4 heteroatoms. The van der Waals surface area contributed by atoms with Gasteiger partial charge in [0.1, 0.15) is 11.5 Å². The summed E-state index contributed by atoms with van der Waals surface area (Å²) >= 11 is 0. The summed E-state index contributed by atoms with van der Waals surface area (Å²) in [6.07, 6.45) is 1.01. The van der Waals surface area contributed by atoms with Gasteiger partial charge in [0.05, 0.1) is 0 Å². The van der Waals surface area contributed by atoms with Gasteiger partial charge >= 0.3 is 5.97 Å². The largest absolute Gasteiger partial charge is 0.508 e. The summed E-state index contributed by atoms with van der Waals surface area (Å²) in [5, 5.41) is 9.34. The Balaban J connectivity index is 2.32. The molecule has 1 atom stereocenters. The van der Waals surface area contributed by atoms with Crippen LogP contribution in [0.15, 0.2) is 24.3 Å². The Bertz CT molecular complexity index is 462. The summed E-state index contributed by atoms with van der Waals surface area (Å²) in [5.41, 5.74) is 1.84. The van der Waals surface area contributed by atoms with Crippen LogP contribution < -0.4 is 4.74 Å². The molecule has 2 rings (SSSR count). The first-order valence-electron chi connectivity index (χ1n) is 4.92. The highest BCUT2D eigenvalue weighted by Crippen LogP contribution is 2.34. The Kier molecular flexibility index (Phi) is 2.56. The summed E-state index contributed by atoms with van der Waals surface area (Å²) in [6.45, 7) is 3.22. The summed E-state index contributed by atoms with van der Waals surface area (Å²) in [6, 6.07) is 4.86. The predicted molar refractivity (Wildman–Crippen MR) is 57.9 cm³/mol. The second-order valence-corrected chi connectivity index (χ2v) is 3.63. The van der Waals surface area contributed by atoms with E-state index in [1.807, 2.05) is 6.92 Å². The molecule has 1 aliphatic rings. The van der Waals surface area contributed by atoms with Gasteiger partial charge in [0, 0.05) is 18.6 Å². The average Bonchev–Trinajstić information content (AvgIpc) is 2.15. The van der Waals surface area contributed by atoms with Crippen LogP contribution in [0.3, 0.4) is 0 Å². The van der Waals surface area contributed by atoms with E-state index in [1.54, 1.807) is 18.2 Å². The fraction of sp³-hybridized carbons (Fsp3) is 0.250. The molecule has 84 valence electrons. The van der Waals surface area contributed by atoms with E-state index >= 15 is 0 Å². The number of carbonyl (C=O) groups is 1. The van der Waals surface area contributed by atoms with E-state index in [0.29, 0.717) is 5.75 Å². The van der Waals surface area contributed by atoms with Crippen LogP contribution in [-0.4, -0.2) is 17.4 Å². The van der Waals surface area contributed by atoms with E-state index in [0.717, 1.165) is 11.1 Å². The third-order valence-electron chi connectivity index (χ3n) is 2.30. The Morgan fingerprint density at radius 2 is 2.25 bits per heavy atom. The molecule has 1 aromatic carbocycles. The molecule has 1 aliphatic heterocycles. The number of hydrogen-bond acceptors (Lipinski definition) is 4. The molecule has 0 aromatic heterocycles. The molecular weight excluding hydrogens is 208 g/mol. The van der Waals surface area contributed by atoms with Crippen LogP contribution in [0, 0.1) is 0 Å². The number of phenolic OH excluding ortho intramolecular Hbond substituents is 1. The summed E-state index contributed by atoms with van der Waals surface area (Å²) in [4.78, 5) is 10.8. The van der Waals surface area contributed by atoms with Gasteiger partial charge in [-0.15, -0.1) is 0 Å². The number of rotatable bonds is 1. The predicted octanol–water partition coefficient (Wildman–Crippen LogP) is 2.08. The maximum Gasteiger partial charge on any atom is 0.305 e. The van der Waals surface area contributed by atoms with Gasteiger partial charge in [-0.3, -0.25) is 4.79 Å². The van der Waals surface area contributed by atoms with E-state index < -0.39 is 12.3 Å². The van der Waals surface area contributed by atoms with E-state index in [4.69, 9.17) is 9.47 Å². The van der Waals surface area contributed by atoms with Crippen molar-refractivity contribution in [2.24, 2.45) is 0 Å². The summed E-state index contributed by atoms with van der Waals surface area (Å²) in [5.74, 6) is 0.235. The Morgan fingerprint density at radius 1 is 1.50 bits per heavy atom. The molecule has 0 spiro atoms. The van der Waals surface area contributed by atoms with Crippen LogP contribution in [0.5, 0.6) is 11.5 Å². The number of aromatic hydroxyl groups is 1. The van der Waals surface area contributed by atoms with E-state index in [9.17, 15) is 9.90 Å². The van der Waals surface area contributed by atoms with Gasteiger partial charge in [-0.05, 0) is 30.7 Å². The molecule has 0 unspecified atom stereocenters. The molecule has 0 amide bonds. The number of hydrogen-bond donors (Lipinski definition) is 1. The molecule has 4 nitrogen and oxygen atoms in total. The molecule has 1 N–H and O–H groups in total. The lowest BCUT2D eigenvalue weighted by atomic mass is 10.0. The van der Waals surface area contributed by atoms with Crippen molar-refractivity contribution >= 4 is 11.5 Å². The van der Waals surface area contributed by atoms with Gasteiger partial charge in [0.15, 0.2) is 0 Å². The zero-order valence-electron chi connectivity index (χ0n) is 9.06. The molecule has 0 saturated carbocycles. The van der Waals surface area contributed by atoms with Crippen molar-refractivity contribution in [2.45, 2.75) is 20.1 Å². The first-order chi connectivity index (χ1) is 7.56. The number of fused-ring (bicyclic) bond motifs is 1. The lowest BCUT2D eigenvalue weighted by Gasteiger charge is -2.23. The maximum atomic E-state index is 10.8. The van der Waals surface area contributed by atoms with E-state index in [-0.39, 0.29) is 5.75 Å². The monoisotopic (exact) mass is 220 g/mol. The van der Waals surface area contributed by atoms with Crippen LogP contribution in [0.25, 0.3) is 5.57 Å². The number of phenols is 1. The Labute approximate surface area is 93.1 Å². The zero-order valence-corrected chi connectivity index (χ0v) is 9.06. The third kappa shape index (κ3) is 2.00. The van der Waals surface area contributed by atoms with E-state index in [2.05, 4.69) is 0 Å². The fourth-order valence-electron chi connectivity index (χ4n) is 1.61. The second-order valence-electron chi connectivity index (χ2n) is 3.63. The van der Waals surface area contributed by atoms with Crippen molar-refractivity contribution in [3.8, 4) is 11.5 Å². The minimum absolute atomic E-state index is 0.120. The van der Waals surface area contributed by atoms with Crippen LogP contribution in [0.1, 0.15) is 19.4 Å². The molecular formula is C12H12O4. The van der Waals surface area contributed by atoms with Crippen LogP contribution in [0.4, 0.5) is 0 Å². The molecule has 0 saturated heterocycles. The van der Waals surface area contributed by atoms with E-state index in [1.165, 1.54) is 13.0 Å². The van der Waals surface area contributed by atoms with Gasteiger partial charge in [-0.2, -0.15) is 0 Å². The van der Waals surface area contributed by atoms with Crippen molar-refractivity contribution in [3.05, 3.63) is 29.8 Å². The average molecular weight is 220 g/mol. The summed E-state index contributed by atoms with van der Waals surface area (Å²) in [7, 11) is 0. The van der Waals surface area contributed by atoms with Crippen molar-refractivity contribution in [2.75, 3.05) is 0 Å². The van der Waals surface area contributed by atoms with Crippen molar-refractivity contribution in [1.29, 1.82) is 0 Å². The van der Waals surface area contributed by atoms with Gasteiger partial charge in [-0.1, -0.05) is 0 Å². The highest BCUT2D eigenvalue weighted by molar-refractivity contribution is 5.73. The second kappa shape index (κ2) is 3.89. The minimum atomic E-state index is -0.716. The van der Waals surface area contributed by atoms with Crippen LogP contribution in [-0.2, 0) is 9.53 Å². The first kappa shape index (κ1) is 10.5. The number of allylic oxidation sites excluding steroid dienone is 1. The van der Waals surface area contributed by atoms with Gasteiger partial charge in [-0.25, -0.2) is 0 Å². The lowest BCUT2D eigenvalue weighted by molar-refractivity contribution is -0.155. The number of benzene rings is 1. The number of esters is 1. The normalized spacial score (nSPS) is 18.1. The third-order valence-corrected chi connectivity index (χ3v) is 2.30. The standard InChI is InChI=1S/C12H12O4/c1-7-5-12(15-8(2)13)16-11-6-9(14)3-4-10(7)11/h3-6,12,14H,1-2H3/t12-/m0/s1. The topological polar surface area (TPSA) is 55.8 Å². The molecule has 0 radical (unpaired) electrons. The molecule has 0 aliphatic carbocycles. The number of carbonyl (C=O) groups excluding carboxylic acids is 1. The number of ether oxygens (including phenoxy) is 2. The first-order valence-corrected chi connectivity index (χ1v) is 4.92. The van der Waals surface area contributed by atoms with Crippen molar-refractivity contribution in [3.63, 3.8) is 0 Å². The maximum absolute atomic E-state index is 10.8. The van der Waals surface area contributed by atoms with Gasteiger partial charge < -0.3 is 14.6 Å². The highest BCUT2D eigenvalue weighted by atomic mass is 16.7. The van der Waals surface area contributed by atoms with Crippen molar-refractivity contribution < 1.29 is 19.4 Å². The molecule has 1 aromatic rings. The van der Waals surface area contributed by atoms with Crippen LogP contribution in [0.2, 0.25) is 0 Å². The quantitative estimate of drug-likeness (QED) is 0.736. The summed E-state index contributed by atoms with van der Waals surface area (Å²) < 4.78 is 10.4. The molecule has 0 bridgehead atoms. The Hall–Kier alpha value is -1.97. The minimum Gasteiger partial charge on any atom is -0.508 e. The van der Waals surface area contributed by atoms with Gasteiger partial charge in [0.25, 0.3) is 6.29 Å². The van der Waals surface area contributed by atoms with Crippen molar-refractivity contribution in [1.82, 2.24) is 0 Å². The SMILES string of the molecule is CC(=O)O[C@@H]1C=C(C)c2ccc(O)cc2O1. The molecule has 0 fully saturated rings.